The summed E-state index contributed by atoms with van der Waals surface area (Å²) in [5.41, 5.74) is -0.0269. The predicted molar refractivity (Wildman–Crippen MR) is 104 cm³/mol. The lowest BCUT2D eigenvalue weighted by Crippen LogP contribution is -2.36. The number of carbonyl (C=O) groups is 3. The number of thioether (sulfide) groups is 1. The summed E-state index contributed by atoms with van der Waals surface area (Å²) in [4.78, 5) is 38.4. The lowest BCUT2D eigenvalue weighted by molar-refractivity contribution is -0.254. The van der Waals surface area contributed by atoms with Gasteiger partial charge in [0.15, 0.2) is 0 Å². The molecule has 0 atom stereocenters. The van der Waals surface area contributed by atoms with Gasteiger partial charge in [0.2, 0.25) is 5.91 Å². The number of amides is 2. The summed E-state index contributed by atoms with van der Waals surface area (Å²) >= 11 is 7.80. The molecule has 0 saturated carbocycles. The number of nitrogens with one attached hydrogen (secondary N) is 1. The van der Waals surface area contributed by atoms with E-state index in [9.17, 15) is 19.5 Å². The molecule has 1 aliphatic heterocycles. The molecule has 0 aliphatic carbocycles. The van der Waals surface area contributed by atoms with Crippen molar-refractivity contribution in [3.05, 3.63) is 57.1 Å². The summed E-state index contributed by atoms with van der Waals surface area (Å²) in [7, 11) is 0. The van der Waals surface area contributed by atoms with Crippen LogP contribution in [0.3, 0.4) is 0 Å². The molecule has 132 valence electrons. The minimum atomic E-state index is -1.40. The second-order valence-corrected chi connectivity index (χ2v) is 7.82. The van der Waals surface area contributed by atoms with E-state index in [1.807, 2.05) is 17.5 Å². The van der Waals surface area contributed by atoms with E-state index in [1.165, 1.54) is 34.4 Å². The fourth-order valence-electron chi connectivity index (χ4n) is 2.24. The molecule has 2 heterocycles. The Morgan fingerprint density at radius 2 is 2.00 bits per heavy atom. The van der Waals surface area contributed by atoms with E-state index in [1.54, 1.807) is 12.1 Å². The Labute approximate surface area is 162 Å². The van der Waals surface area contributed by atoms with Gasteiger partial charge in [-0.1, -0.05) is 48.2 Å². The zero-order chi connectivity index (χ0) is 18.7. The normalized spacial score (nSPS) is 15.5. The number of anilines is 1. The first-order valence-electron chi connectivity index (χ1n) is 7.35. The number of hydrogen-bond donors (Lipinski definition) is 1. The van der Waals surface area contributed by atoms with Gasteiger partial charge in [-0.2, -0.15) is 0 Å². The number of carboxylic acids is 1. The number of thiocarbonyl (C=S) groups is 1. The molecule has 1 fully saturated rings. The molecular formula is C17H11N2O4S3-. The van der Waals surface area contributed by atoms with Crippen molar-refractivity contribution in [1.29, 1.82) is 0 Å². The number of rotatable bonds is 5. The zero-order valence-corrected chi connectivity index (χ0v) is 15.6. The average molecular weight is 403 g/mol. The molecule has 1 aromatic heterocycles. The summed E-state index contributed by atoms with van der Waals surface area (Å²) < 4.78 is 0.279. The van der Waals surface area contributed by atoms with Crippen LogP contribution in [0, 0.1) is 0 Å². The van der Waals surface area contributed by atoms with Gasteiger partial charge in [0.05, 0.1) is 10.9 Å². The van der Waals surface area contributed by atoms with E-state index in [0.717, 1.165) is 16.6 Å². The quantitative estimate of drug-likeness (QED) is 0.606. The molecule has 1 saturated heterocycles. The lowest BCUT2D eigenvalue weighted by atomic mass is 10.2. The SMILES string of the molecule is O=C(CN1C(=O)C(=Cc2cccs2)SC1=S)Nc1ccccc1C(=O)[O-]. The maximum absolute atomic E-state index is 12.5. The molecule has 1 aliphatic rings. The molecule has 1 aromatic carbocycles. The highest BCUT2D eigenvalue weighted by Gasteiger charge is 2.33. The molecule has 1 N–H and O–H groups in total. The van der Waals surface area contributed by atoms with E-state index in [4.69, 9.17) is 12.2 Å². The van der Waals surface area contributed by atoms with Crippen molar-refractivity contribution in [2.75, 3.05) is 11.9 Å². The van der Waals surface area contributed by atoms with Gasteiger partial charge >= 0.3 is 0 Å². The highest BCUT2D eigenvalue weighted by molar-refractivity contribution is 8.26. The Balaban J connectivity index is 1.71. The van der Waals surface area contributed by atoms with Crippen molar-refractivity contribution < 1.29 is 19.5 Å². The van der Waals surface area contributed by atoms with Crippen LogP contribution in [0.15, 0.2) is 46.7 Å². The molecule has 0 unspecified atom stereocenters. The topological polar surface area (TPSA) is 89.5 Å². The second-order valence-electron chi connectivity index (χ2n) is 5.16. The van der Waals surface area contributed by atoms with Gasteiger partial charge in [0.25, 0.3) is 5.91 Å². The van der Waals surface area contributed by atoms with Crippen LogP contribution in [-0.2, 0) is 9.59 Å². The van der Waals surface area contributed by atoms with E-state index in [0.29, 0.717) is 4.91 Å². The van der Waals surface area contributed by atoms with Crippen molar-refractivity contribution in [2.24, 2.45) is 0 Å². The lowest BCUT2D eigenvalue weighted by Gasteiger charge is -2.16. The van der Waals surface area contributed by atoms with E-state index < -0.39 is 11.9 Å². The smallest absolute Gasteiger partial charge is 0.266 e. The molecule has 0 bridgehead atoms. The largest absolute Gasteiger partial charge is 0.545 e. The third-order valence-electron chi connectivity index (χ3n) is 3.41. The van der Waals surface area contributed by atoms with Crippen molar-refractivity contribution >= 4 is 69.2 Å². The van der Waals surface area contributed by atoms with Gasteiger partial charge in [-0.25, -0.2) is 0 Å². The standard InChI is InChI=1S/C17H12N2O4S3/c20-14(18-12-6-2-1-5-11(12)16(22)23)9-19-15(21)13(26-17(19)24)8-10-4-3-7-25-10/h1-8H,9H2,(H,18,20)(H,22,23)/p-1. The van der Waals surface area contributed by atoms with Gasteiger partial charge < -0.3 is 15.2 Å². The van der Waals surface area contributed by atoms with Gasteiger partial charge in [-0.05, 0) is 23.6 Å². The van der Waals surface area contributed by atoms with Crippen LogP contribution < -0.4 is 10.4 Å². The minimum Gasteiger partial charge on any atom is -0.545 e. The number of carbonyl (C=O) groups excluding carboxylic acids is 3. The van der Waals surface area contributed by atoms with E-state index in [-0.39, 0.29) is 28.0 Å². The fraction of sp³-hybridized carbons (Fsp3) is 0.0588. The Hall–Kier alpha value is -2.49. The summed E-state index contributed by atoms with van der Waals surface area (Å²) in [6.45, 7) is -0.298. The monoisotopic (exact) mass is 403 g/mol. The third kappa shape index (κ3) is 4.01. The first kappa shape index (κ1) is 18.3. The third-order valence-corrected chi connectivity index (χ3v) is 5.61. The first-order chi connectivity index (χ1) is 12.5. The number of aromatic carboxylic acids is 1. The summed E-state index contributed by atoms with van der Waals surface area (Å²) in [5, 5.41) is 15.5. The van der Waals surface area contributed by atoms with Crippen molar-refractivity contribution in [2.45, 2.75) is 0 Å². The molecule has 0 spiro atoms. The number of para-hydroxylation sites is 1. The van der Waals surface area contributed by atoms with Crippen molar-refractivity contribution in [1.82, 2.24) is 4.90 Å². The van der Waals surface area contributed by atoms with Crippen LogP contribution in [0.4, 0.5) is 5.69 Å². The molecule has 3 rings (SSSR count). The van der Waals surface area contributed by atoms with E-state index >= 15 is 0 Å². The van der Waals surface area contributed by atoms with Gasteiger partial charge in [-0.15, -0.1) is 11.3 Å². The van der Waals surface area contributed by atoms with Crippen molar-refractivity contribution in [3.8, 4) is 0 Å². The predicted octanol–water partition coefficient (Wildman–Crippen LogP) is 1.95. The Bertz CT molecular complexity index is 922. The average Bonchev–Trinajstić information content (AvgIpc) is 3.19. The summed E-state index contributed by atoms with van der Waals surface area (Å²) in [6.07, 6.45) is 1.73. The summed E-state index contributed by atoms with van der Waals surface area (Å²) in [6, 6.07) is 9.64. The highest BCUT2D eigenvalue weighted by atomic mass is 32.2. The van der Waals surface area contributed by atoms with Crippen LogP contribution in [0.25, 0.3) is 6.08 Å². The molecular weight excluding hydrogens is 392 g/mol. The maximum atomic E-state index is 12.5. The highest BCUT2D eigenvalue weighted by Crippen LogP contribution is 2.33. The maximum Gasteiger partial charge on any atom is 0.266 e. The molecule has 6 nitrogen and oxygen atoms in total. The van der Waals surface area contributed by atoms with E-state index in [2.05, 4.69) is 5.32 Å². The van der Waals surface area contributed by atoms with Gasteiger partial charge in [-0.3, -0.25) is 14.5 Å². The Kier molecular flexibility index (Phi) is 5.50. The Morgan fingerprint density at radius 1 is 1.23 bits per heavy atom. The molecule has 26 heavy (non-hydrogen) atoms. The van der Waals surface area contributed by atoms with Gasteiger partial charge in [0, 0.05) is 16.1 Å². The van der Waals surface area contributed by atoms with Crippen LogP contribution in [0.1, 0.15) is 15.2 Å². The van der Waals surface area contributed by atoms with Crippen LogP contribution in [-0.4, -0.2) is 33.5 Å². The van der Waals surface area contributed by atoms with Gasteiger partial charge in [0.1, 0.15) is 10.9 Å². The molecule has 2 amide bonds. The number of nitrogens with zero attached hydrogens (tertiary/aromatic N) is 1. The molecule has 9 heteroatoms. The summed E-state index contributed by atoms with van der Waals surface area (Å²) in [5.74, 6) is -2.30. The Morgan fingerprint density at radius 3 is 2.69 bits per heavy atom. The minimum absolute atomic E-state index is 0.108. The second kappa shape index (κ2) is 7.81. The number of benzene rings is 1. The van der Waals surface area contributed by atoms with Crippen LogP contribution >= 0.6 is 35.3 Å². The first-order valence-corrected chi connectivity index (χ1v) is 9.45. The zero-order valence-electron chi connectivity index (χ0n) is 13.1. The number of thiophene rings is 1. The van der Waals surface area contributed by atoms with Crippen LogP contribution in [0.5, 0.6) is 0 Å². The number of hydrogen-bond acceptors (Lipinski definition) is 7. The van der Waals surface area contributed by atoms with Crippen molar-refractivity contribution in [3.63, 3.8) is 0 Å². The molecule has 0 radical (unpaired) electrons. The molecule has 2 aromatic rings. The number of carboxylic acid groups (broad SMARTS) is 1. The van der Waals surface area contributed by atoms with Crippen LogP contribution in [0.2, 0.25) is 0 Å². The fourth-order valence-corrected chi connectivity index (χ4v) is 4.22.